The largest absolute Gasteiger partial charge is 0.311 e. The number of nitro benzene ring substituents is 1. The number of hydrogen-bond donors (Lipinski definition) is 1. The summed E-state index contributed by atoms with van der Waals surface area (Å²) in [6, 6.07) is 3.23. The minimum absolute atomic E-state index is 0.0695. The van der Waals surface area contributed by atoms with Crippen LogP contribution in [0.15, 0.2) is 18.2 Å². The third kappa shape index (κ3) is 3.31. The lowest BCUT2D eigenvalue weighted by atomic mass is 10.1. The Kier molecular flexibility index (Phi) is 4.34. The highest BCUT2D eigenvalue weighted by Crippen LogP contribution is 2.21. The van der Waals surface area contributed by atoms with Crippen LogP contribution in [0.5, 0.6) is 0 Å². The van der Waals surface area contributed by atoms with E-state index in [4.69, 9.17) is 0 Å². The molecular formula is C12H15FN2O4S. The van der Waals surface area contributed by atoms with Crippen molar-refractivity contribution in [2.24, 2.45) is 0 Å². The Bertz CT molecular complexity index is 618. The van der Waals surface area contributed by atoms with Crippen molar-refractivity contribution in [3.8, 4) is 0 Å². The SMILES string of the molecule is O=[N+]([O-])c1ccc(F)cc1CNCC1CCCS1(=O)=O. The second-order valence-corrected chi connectivity index (χ2v) is 7.19. The predicted molar refractivity (Wildman–Crippen MR) is 71.6 cm³/mol. The first-order valence-electron chi connectivity index (χ1n) is 6.25. The number of nitrogens with one attached hydrogen (secondary N) is 1. The predicted octanol–water partition coefficient (Wildman–Crippen LogP) is 1.40. The number of hydrogen-bond acceptors (Lipinski definition) is 5. The molecule has 0 amide bonds. The van der Waals surface area contributed by atoms with Gasteiger partial charge in [-0.1, -0.05) is 0 Å². The molecule has 2 rings (SSSR count). The van der Waals surface area contributed by atoms with Gasteiger partial charge in [-0.25, -0.2) is 12.8 Å². The molecule has 110 valence electrons. The Morgan fingerprint density at radius 2 is 2.20 bits per heavy atom. The van der Waals surface area contributed by atoms with Gasteiger partial charge < -0.3 is 5.32 Å². The molecule has 1 fully saturated rings. The summed E-state index contributed by atoms with van der Waals surface area (Å²) in [5.41, 5.74) is 0.0403. The third-order valence-electron chi connectivity index (χ3n) is 3.39. The molecule has 0 aliphatic carbocycles. The molecule has 1 saturated heterocycles. The second kappa shape index (κ2) is 5.84. The molecule has 0 saturated carbocycles. The molecule has 20 heavy (non-hydrogen) atoms. The highest BCUT2D eigenvalue weighted by Gasteiger charge is 2.30. The van der Waals surface area contributed by atoms with Gasteiger partial charge in [0.05, 0.1) is 15.9 Å². The number of nitrogens with zero attached hydrogens (tertiary/aromatic N) is 1. The van der Waals surface area contributed by atoms with Crippen molar-refractivity contribution in [1.29, 1.82) is 0 Å². The average molecular weight is 302 g/mol. The molecule has 0 spiro atoms. The fraction of sp³-hybridized carbons (Fsp3) is 0.500. The first kappa shape index (κ1) is 14.9. The highest BCUT2D eigenvalue weighted by molar-refractivity contribution is 7.92. The number of halogens is 1. The van der Waals surface area contributed by atoms with Crippen molar-refractivity contribution in [3.05, 3.63) is 39.7 Å². The van der Waals surface area contributed by atoms with Crippen LogP contribution in [0.4, 0.5) is 10.1 Å². The van der Waals surface area contributed by atoms with E-state index in [0.29, 0.717) is 12.8 Å². The van der Waals surface area contributed by atoms with Crippen molar-refractivity contribution < 1.29 is 17.7 Å². The molecule has 8 heteroatoms. The Hall–Kier alpha value is -1.54. The van der Waals surface area contributed by atoms with Crippen LogP contribution >= 0.6 is 0 Å². The van der Waals surface area contributed by atoms with Crippen molar-refractivity contribution in [2.45, 2.75) is 24.6 Å². The summed E-state index contributed by atoms with van der Waals surface area (Å²) in [6.07, 6.45) is 1.25. The fourth-order valence-electron chi connectivity index (χ4n) is 2.33. The zero-order valence-corrected chi connectivity index (χ0v) is 11.5. The van der Waals surface area contributed by atoms with Crippen LogP contribution in [0.3, 0.4) is 0 Å². The first-order valence-corrected chi connectivity index (χ1v) is 7.97. The van der Waals surface area contributed by atoms with E-state index in [0.717, 1.165) is 18.2 Å². The summed E-state index contributed by atoms with van der Waals surface area (Å²) in [6.45, 7) is 0.302. The molecule has 1 unspecified atom stereocenters. The molecule has 0 aromatic heterocycles. The molecule has 1 aromatic carbocycles. The molecule has 0 bridgehead atoms. The zero-order valence-electron chi connectivity index (χ0n) is 10.7. The standard InChI is InChI=1S/C12H15FN2O4S/c13-10-3-4-12(15(16)17)9(6-10)7-14-8-11-2-1-5-20(11,18)19/h3-4,6,11,14H,1-2,5,7-8H2. The Labute approximate surface area is 116 Å². The van der Waals surface area contributed by atoms with Crippen LogP contribution in [0, 0.1) is 15.9 Å². The van der Waals surface area contributed by atoms with Crippen molar-refractivity contribution >= 4 is 15.5 Å². The van der Waals surface area contributed by atoms with E-state index in [1.807, 2.05) is 0 Å². The molecule has 0 radical (unpaired) electrons. The Morgan fingerprint density at radius 1 is 1.45 bits per heavy atom. The van der Waals surface area contributed by atoms with Crippen molar-refractivity contribution in [3.63, 3.8) is 0 Å². The van der Waals surface area contributed by atoms with Crippen molar-refractivity contribution in [1.82, 2.24) is 5.32 Å². The summed E-state index contributed by atoms with van der Waals surface area (Å²) >= 11 is 0. The maximum Gasteiger partial charge on any atom is 0.274 e. The highest BCUT2D eigenvalue weighted by atomic mass is 32.2. The summed E-state index contributed by atoms with van der Waals surface area (Å²) in [4.78, 5) is 10.2. The molecule has 1 heterocycles. The monoisotopic (exact) mass is 302 g/mol. The smallest absolute Gasteiger partial charge is 0.274 e. The molecule has 1 aliphatic heterocycles. The zero-order chi connectivity index (χ0) is 14.8. The lowest BCUT2D eigenvalue weighted by molar-refractivity contribution is -0.385. The van der Waals surface area contributed by atoms with Gasteiger partial charge in [-0.05, 0) is 25.0 Å². The molecule has 1 aliphatic rings. The number of nitro groups is 1. The normalized spacial score (nSPS) is 20.9. The van der Waals surface area contributed by atoms with Gasteiger partial charge in [0.2, 0.25) is 0 Å². The van der Waals surface area contributed by atoms with Crippen LogP contribution in [0.25, 0.3) is 0 Å². The van der Waals surface area contributed by atoms with E-state index < -0.39 is 25.8 Å². The molecule has 1 atom stereocenters. The Balaban J connectivity index is 2.01. The van der Waals surface area contributed by atoms with E-state index in [2.05, 4.69) is 5.32 Å². The van der Waals surface area contributed by atoms with E-state index >= 15 is 0 Å². The van der Waals surface area contributed by atoms with Gasteiger partial charge in [0.1, 0.15) is 5.82 Å². The molecule has 1 aromatic rings. The minimum Gasteiger partial charge on any atom is -0.311 e. The summed E-state index contributed by atoms with van der Waals surface area (Å²) in [5, 5.41) is 13.2. The van der Waals surface area contributed by atoms with E-state index in [-0.39, 0.29) is 30.1 Å². The van der Waals surface area contributed by atoms with Crippen LogP contribution in [0.2, 0.25) is 0 Å². The van der Waals surface area contributed by atoms with E-state index in [1.54, 1.807) is 0 Å². The summed E-state index contributed by atoms with van der Waals surface area (Å²) in [5.74, 6) is -0.361. The number of sulfone groups is 1. The van der Waals surface area contributed by atoms with Gasteiger partial charge in [-0.15, -0.1) is 0 Å². The van der Waals surface area contributed by atoms with Gasteiger partial charge in [0.15, 0.2) is 9.84 Å². The second-order valence-electron chi connectivity index (χ2n) is 4.79. The summed E-state index contributed by atoms with van der Waals surface area (Å²) in [7, 11) is -3.05. The quantitative estimate of drug-likeness (QED) is 0.656. The lowest BCUT2D eigenvalue weighted by Crippen LogP contribution is -2.30. The summed E-state index contributed by atoms with van der Waals surface area (Å²) < 4.78 is 36.4. The van der Waals surface area contributed by atoms with Gasteiger partial charge >= 0.3 is 0 Å². The average Bonchev–Trinajstić information content (AvgIpc) is 2.68. The topological polar surface area (TPSA) is 89.3 Å². The van der Waals surface area contributed by atoms with E-state index in [1.165, 1.54) is 0 Å². The lowest BCUT2D eigenvalue weighted by Gasteiger charge is -2.11. The van der Waals surface area contributed by atoms with Crippen LogP contribution < -0.4 is 5.32 Å². The number of rotatable bonds is 5. The number of benzene rings is 1. The van der Waals surface area contributed by atoms with Gasteiger partial charge in [-0.3, -0.25) is 10.1 Å². The van der Waals surface area contributed by atoms with Gasteiger partial charge in [0, 0.05) is 24.7 Å². The molecule has 6 nitrogen and oxygen atoms in total. The third-order valence-corrected chi connectivity index (χ3v) is 5.66. The maximum absolute atomic E-state index is 13.1. The van der Waals surface area contributed by atoms with Crippen LogP contribution in [0.1, 0.15) is 18.4 Å². The first-order chi connectivity index (χ1) is 9.40. The van der Waals surface area contributed by atoms with Crippen LogP contribution in [-0.4, -0.2) is 30.9 Å². The minimum atomic E-state index is -3.05. The van der Waals surface area contributed by atoms with Crippen molar-refractivity contribution in [2.75, 3.05) is 12.3 Å². The fourth-order valence-corrected chi connectivity index (χ4v) is 4.13. The molecular weight excluding hydrogens is 287 g/mol. The Morgan fingerprint density at radius 3 is 2.80 bits per heavy atom. The maximum atomic E-state index is 13.1. The molecule has 1 N–H and O–H groups in total. The van der Waals surface area contributed by atoms with Gasteiger partial charge in [-0.2, -0.15) is 0 Å². The van der Waals surface area contributed by atoms with Crippen LogP contribution in [-0.2, 0) is 16.4 Å². The van der Waals surface area contributed by atoms with Gasteiger partial charge in [0.25, 0.3) is 5.69 Å². The van der Waals surface area contributed by atoms with E-state index in [9.17, 15) is 22.9 Å².